The van der Waals surface area contributed by atoms with Gasteiger partial charge in [0.25, 0.3) is 5.56 Å². The summed E-state index contributed by atoms with van der Waals surface area (Å²) in [6.07, 6.45) is 4.43. The van der Waals surface area contributed by atoms with Crippen LogP contribution >= 0.6 is 0 Å². The normalized spacial score (nSPS) is 16.4. The number of fused-ring (bicyclic) bond motifs is 1. The summed E-state index contributed by atoms with van der Waals surface area (Å²) in [5.41, 5.74) is 1.44. The SMILES string of the molecule is CCCCC(CCC)C(=O)S(=O)c1ccc(-c2cc(=O)n3c(n2)CC(c2ccc(F)cc2F)C(C)=N3)cc1. The van der Waals surface area contributed by atoms with Gasteiger partial charge in [-0.1, -0.05) is 51.3 Å². The van der Waals surface area contributed by atoms with Crippen molar-refractivity contribution in [2.24, 2.45) is 11.0 Å². The van der Waals surface area contributed by atoms with Crippen molar-refractivity contribution in [2.45, 2.75) is 70.1 Å². The third-order valence-electron chi connectivity index (χ3n) is 6.87. The van der Waals surface area contributed by atoms with Crippen LogP contribution in [0.1, 0.15) is 70.2 Å². The molecule has 1 aliphatic rings. The molecule has 2 aromatic carbocycles. The zero-order valence-corrected chi connectivity index (χ0v) is 22.6. The Labute approximate surface area is 223 Å². The molecule has 200 valence electrons. The summed E-state index contributed by atoms with van der Waals surface area (Å²) in [6.45, 7) is 5.78. The van der Waals surface area contributed by atoms with Crippen LogP contribution in [0.15, 0.2) is 63.3 Å². The smallest absolute Gasteiger partial charge is 0.274 e. The average Bonchev–Trinajstić information content (AvgIpc) is 2.90. The van der Waals surface area contributed by atoms with E-state index in [0.717, 1.165) is 38.2 Å². The summed E-state index contributed by atoms with van der Waals surface area (Å²) >= 11 is 0. The Balaban J connectivity index is 1.59. The third kappa shape index (κ3) is 5.88. The second-order valence-electron chi connectivity index (χ2n) is 9.61. The van der Waals surface area contributed by atoms with Gasteiger partial charge in [-0.05, 0) is 43.5 Å². The number of nitrogens with zero attached hydrogens (tertiary/aromatic N) is 3. The summed E-state index contributed by atoms with van der Waals surface area (Å²) in [5.74, 6) is -1.69. The minimum Gasteiger partial charge on any atom is -0.284 e. The molecule has 0 saturated carbocycles. The number of carbonyl (C=O) groups is 1. The first-order chi connectivity index (χ1) is 18.2. The zero-order chi connectivity index (χ0) is 27.4. The molecule has 0 aliphatic carbocycles. The minimum atomic E-state index is -1.77. The van der Waals surface area contributed by atoms with Crippen LogP contribution < -0.4 is 5.56 Å². The highest BCUT2D eigenvalue weighted by Crippen LogP contribution is 2.29. The third-order valence-corrected chi connectivity index (χ3v) is 8.27. The number of hydrogen-bond acceptors (Lipinski definition) is 5. The van der Waals surface area contributed by atoms with E-state index in [9.17, 15) is 22.6 Å². The fourth-order valence-electron chi connectivity index (χ4n) is 4.78. The monoisotopic (exact) mass is 539 g/mol. The Morgan fingerprint density at radius 2 is 1.82 bits per heavy atom. The van der Waals surface area contributed by atoms with Gasteiger partial charge in [0.1, 0.15) is 28.3 Å². The largest absolute Gasteiger partial charge is 0.284 e. The van der Waals surface area contributed by atoms with Gasteiger partial charge in [0.05, 0.1) is 5.69 Å². The van der Waals surface area contributed by atoms with Crippen LogP contribution in [0.5, 0.6) is 0 Å². The van der Waals surface area contributed by atoms with Gasteiger partial charge in [-0.2, -0.15) is 9.78 Å². The van der Waals surface area contributed by atoms with E-state index in [-0.39, 0.29) is 28.6 Å². The first-order valence-corrected chi connectivity index (χ1v) is 14.1. The van der Waals surface area contributed by atoms with Crippen LogP contribution in [0.4, 0.5) is 8.78 Å². The van der Waals surface area contributed by atoms with Crippen LogP contribution in [0, 0.1) is 17.6 Å². The van der Waals surface area contributed by atoms with E-state index in [1.165, 1.54) is 22.9 Å². The fraction of sp³-hybridized carbons (Fsp3) is 0.379. The van der Waals surface area contributed by atoms with E-state index >= 15 is 0 Å². The van der Waals surface area contributed by atoms with E-state index in [0.29, 0.717) is 27.7 Å². The van der Waals surface area contributed by atoms with E-state index in [1.54, 1.807) is 31.2 Å². The molecular weight excluding hydrogens is 508 g/mol. The van der Waals surface area contributed by atoms with Crippen molar-refractivity contribution in [3.63, 3.8) is 0 Å². The quantitative estimate of drug-likeness (QED) is 0.334. The molecule has 0 fully saturated rings. The van der Waals surface area contributed by atoms with Crippen molar-refractivity contribution in [2.75, 3.05) is 0 Å². The van der Waals surface area contributed by atoms with Crippen molar-refractivity contribution < 1.29 is 17.8 Å². The number of rotatable bonds is 9. The second kappa shape index (κ2) is 12.0. The van der Waals surface area contributed by atoms with Crippen molar-refractivity contribution >= 4 is 21.6 Å². The van der Waals surface area contributed by atoms with E-state index in [1.807, 2.05) is 6.92 Å². The Morgan fingerprint density at radius 3 is 2.47 bits per heavy atom. The van der Waals surface area contributed by atoms with Crippen LogP contribution in [0.3, 0.4) is 0 Å². The molecule has 4 rings (SSSR count). The van der Waals surface area contributed by atoms with E-state index in [4.69, 9.17) is 0 Å². The lowest BCUT2D eigenvalue weighted by atomic mass is 9.90. The lowest BCUT2D eigenvalue weighted by molar-refractivity contribution is -0.115. The van der Waals surface area contributed by atoms with E-state index in [2.05, 4.69) is 17.0 Å². The number of hydrogen-bond donors (Lipinski definition) is 0. The van der Waals surface area contributed by atoms with Crippen molar-refractivity contribution in [1.29, 1.82) is 0 Å². The molecule has 38 heavy (non-hydrogen) atoms. The first kappa shape index (κ1) is 27.7. The van der Waals surface area contributed by atoms with Gasteiger partial charge in [-0.25, -0.2) is 18.0 Å². The molecule has 0 bridgehead atoms. The van der Waals surface area contributed by atoms with Crippen molar-refractivity contribution in [3.8, 4) is 11.3 Å². The lowest BCUT2D eigenvalue weighted by Gasteiger charge is -2.24. The number of aromatic nitrogens is 2. The highest BCUT2D eigenvalue weighted by Gasteiger charge is 2.27. The fourth-order valence-corrected chi connectivity index (χ4v) is 5.94. The summed E-state index contributed by atoms with van der Waals surface area (Å²) in [4.78, 5) is 30.8. The highest BCUT2D eigenvalue weighted by molar-refractivity contribution is 8.00. The molecule has 1 aliphatic heterocycles. The molecule has 0 amide bonds. The number of benzene rings is 2. The average molecular weight is 540 g/mol. The topological polar surface area (TPSA) is 81.4 Å². The molecule has 6 nitrogen and oxygen atoms in total. The van der Waals surface area contributed by atoms with Gasteiger partial charge >= 0.3 is 0 Å². The van der Waals surface area contributed by atoms with Gasteiger partial charge in [0, 0.05) is 46.6 Å². The predicted molar refractivity (Wildman–Crippen MR) is 145 cm³/mol. The van der Waals surface area contributed by atoms with Crippen LogP contribution in [-0.4, -0.2) is 24.7 Å². The van der Waals surface area contributed by atoms with Crippen molar-refractivity contribution in [1.82, 2.24) is 9.66 Å². The maximum atomic E-state index is 14.5. The van der Waals surface area contributed by atoms with Gasteiger partial charge in [0.15, 0.2) is 0 Å². The Morgan fingerprint density at radius 1 is 1.08 bits per heavy atom. The summed E-state index contributed by atoms with van der Waals surface area (Å²) < 4.78 is 42.1. The number of halogens is 2. The standard InChI is InChI=1S/C29H31F2N3O3S/c1-4-6-8-20(7-5-2)29(36)38(37)22-12-9-19(10-13-22)26-17-28(35)34-27(32-26)16-24(18(3)33-34)23-14-11-21(30)15-25(23)31/h9-15,17,20,24H,4-8,16H2,1-3H3. The summed E-state index contributed by atoms with van der Waals surface area (Å²) in [6, 6.07) is 11.4. The zero-order valence-electron chi connectivity index (χ0n) is 21.7. The molecule has 3 aromatic rings. The molecule has 1 aromatic heterocycles. The molecule has 3 atom stereocenters. The number of unbranched alkanes of at least 4 members (excludes halogenated alkanes) is 1. The number of carbonyl (C=O) groups excluding carboxylic acids is 1. The van der Waals surface area contributed by atoms with E-state index < -0.39 is 28.4 Å². The Hall–Kier alpha value is -3.33. The molecule has 2 heterocycles. The van der Waals surface area contributed by atoms with Crippen LogP contribution in [-0.2, 0) is 22.0 Å². The molecule has 3 unspecified atom stereocenters. The molecule has 0 spiro atoms. The summed E-state index contributed by atoms with van der Waals surface area (Å²) in [5, 5.41) is 4.09. The maximum absolute atomic E-state index is 14.5. The highest BCUT2D eigenvalue weighted by atomic mass is 32.2. The van der Waals surface area contributed by atoms with Crippen molar-refractivity contribution in [3.05, 3.63) is 81.9 Å². The van der Waals surface area contributed by atoms with Gasteiger partial charge in [-0.3, -0.25) is 9.59 Å². The minimum absolute atomic E-state index is 0.216. The second-order valence-corrected chi connectivity index (χ2v) is 11.0. The predicted octanol–water partition coefficient (Wildman–Crippen LogP) is 5.99. The summed E-state index contributed by atoms with van der Waals surface area (Å²) in [7, 11) is -1.77. The maximum Gasteiger partial charge on any atom is 0.274 e. The van der Waals surface area contributed by atoms with Gasteiger partial charge < -0.3 is 0 Å². The first-order valence-electron chi connectivity index (χ1n) is 12.9. The Bertz CT molecular complexity index is 1450. The molecule has 0 radical (unpaired) electrons. The van der Waals surface area contributed by atoms with Crippen LogP contribution in [0.25, 0.3) is 11.3 Å². The van der Waals surface area contributed by atoms with Gasteiger partial charge in [0.2, 0.25) is 5.12 Å². The lowest BCUT2D eigenvalue weighted by Crippen LogP contribution is -2.30. The Kier molecular flexibility index (Phi) is 8.76. The molecule has 9 heteroatoms. The molecule has 0 N–H and O–H groups in total. The van der Waals surface area contributed by atoms with Crippen LogP contribution in [0.2, 0.25) is 0 Å². The molecular formula is C29H31F2N3O3S. The molecule has 0 saturated heterocycles. The van der Waals surface area contributed by atoms with Gasteiger partial charge in [-0.15, -0.1) is 0 Å².